The molecule has 0 bridgehead atoms. The molecule has 1 aliphatic carbocycles. The molecule has 1 amide bonds. The molecule has 0 radical (unpaired) electrons. The van der Waals surface area contributed by atoms with Gasteiger partial charge in [-0.2, -0.15) is 0 Å². The van der Waals surface area contributed by atoms with Crippen LogP contribution in [0.1, 0.15) is 44.3 Å². The largest absolute Gasteiger partial charge is 0.342 e. The van der Waals surface area contributed by atoms with Gasteiger partial charge in [0.1, 0.15) is 5.82 Å². The molecule has 22 heavy (non-hydrogen) atoms. The van der Waals surface area contributed by atoms with Crippen molar-refractivity contribution in [1.82, 2.24) is 14.5 Å². The maximum Gasteiger partial charge on any atom is 0.223 e. The highest BCUT2D eigenvalue weighted by Gasteiger charge is 2.36. The van der Waals surface area contributed by atoms with Crippen LogP contribution in [-0.4, -0.2) is 33.4 Å². The van der Waals surface area contributed by atoms with Gasteiger partial charge in [-0.25, -0.2) is 4.98 Å². The fourth-order valence-electron chi connectivity index (χ4n) is 3.60. The number of imidazole rings is 1. The zero-order valence-electron chi connectivity index (χ0n) is 13.2. The molecule has 4 nitrogen and oxygen atoms in total. The van der Waals surface area contributed by atoms with Crippen molar-refractivity contribution in [3.05, 3.63) is 30.1 Å². The zero-order chi connectivity index (χ0) is 15.1. The quantitative estimate of drug-likeness (QED) is 0.850. The van der Waals surface area contributed by atoms with Gasteiger partial charge in [0, 0.05) is 32.0 Å². The molecule has 1 unspecified atom stereocenters. The number of rotatable bonds is 5. The molecule has 1 saturated heterocycles. The number of amides is 1. The van der Waals surface area contributed by atoms with Gasteiger partial charge >= 0.3 is 0 Å². The number of aromatic nitrogens is 2. The lowest BCUT2D eigenvalue weighted by atomic mass is 10.1. The molecule has 2 heterocycles. The maximum atomic E-state index is 12.3. The van der Waals surface area contributed by atoms with Crippen molar-refractivity contribution in [3.8, 4) is 0 Å². The van der Waals surface area contributed by atoms with Gasteiger partial charge in [-0.1, -0.05) is 19.1 Å². The third-order valence-corrected chi connectivity index (χ3v) is 4.89. The second kappa shape index (κ2) is 5.41. The van der Waals surface area contributed by atoms with E-state index in [0.29, 0.717) is 12.3 Å². The Morgan fingerprint density at radius 1 is 1.27 bits per heavy atom. The molecule has 4 heteroatoms. The summed E-state index contributed by atoms with van der Waals surface area (Å²) in [4.78, 5) is 19.2. The van der Waals surface area contributed by atoms with E-state index in [-0.39, 0.29) is 5.92 Å². The summed E-state index contributed by atoms with van der Waals surface area (Å²) in [5.41, 5.74) is 2.26. The smallest absolute Gasteiger partial charge is 0.223 e. The van der Waals surface area contributed by atoms with Crippen molar-refractivity contribution in [1.29, 1.82) is 0 Å². The minimum atomic E-state index is 0.255. The number of hydrogen-bond acceptors (Lipinski definition) is 2. The molecule has 1 aliphatic heterocycles. The molecule has 1 saturated carbocycles. The van der Waals surface area contributed by atoms with Crippen LogP contribution in [0.4, 0.5) is 0 Å². The van der Waals surface area contributed by atoms with E-state index in [1.54, 1.807) is 0 Å². The second-order valence-corrected chi connectivity index (χ2v) is 6.75. The summed E-state index contributed by atoms with van der Waals surface area (Å²) in [5.74, 6) is 2.43. The summed E-state index contributed by atoms with van der Waals surface area (Å²) in [7, 11) is 0. The number of aryl methyl sites for hydroxylation is 1. The van der Waals surface area contributed by atoms with Crippen LogP contribution >= 0.6 is 0 Å². The zero-order valence-corrected chi connectivity index (χ0v) is 13.2. The first-order valence-corrected chi connectivity index (χ1v) is 8.49. The molecule has 1 aromatic carbocycles. The van der Waals surface area contributed by atoms with Crippen molar-refractivity contribution < 1.29 is 4.79 Å². The molecule has 0 spiro atoms. The number of benzene rings is 1. The maximum absolute atomic E-state index is 12.3. The van der Waals surface area contributed by atoms with Gasteiger partial charge in [-0.15, -0.1) is 0 Å². The number of carbonyl (C=O) groups excluding carboxylic acids is 1. The molecule has 0 N–H and O–H groups in total. The van der Waals surface area contributed by atoms with Gasteiger partial charge in [0.15, 0.2) is 0 Å². The fraction of sp³-hybridized carbons (Fsp3) is 0.556. The van der Waals surface area contributed by atoms with E-state index in [2.05, 4.69) is 34.6 Å². The van der Waals surface area contributed by atoms with E-state index >= 15 is 0 Å². The number of hydrogen-bond donors (Lipinski definition) is 0. The van der Waals surface area contributed by atoms with Gasteiger partial charge in [0.05, 0.1) is 11.0 Å². The van der Waals surface area contributed by atoms with Gasteiger partial charge in [0.25, 0.3) is 0 Å². The molecule has 116 valence electrons. The number of para-hydroxylation sites is 2. The number of likely N-dealkylation sites (tertiary alicyclic amines) is 1. The minimum absolute atomic E-state index is 0.255. The lowest BCUT2D eigenvalue weighted by Gasteiger charge is -2.16. The number of fused-ring (bicyclic) bond motifs is 1. The molecule has 2 fully saturated rings. The first-order valence-electron chi connectivity index (χ1n) is 8.49. The van der Waals surface area contributed by atoms with Crippen molar-refractivity contribution in [3.63, 3.8) is 0 Å². The predicted octanol–water partition coefficient (Wildman–Crippen LogP) is 3.17. The average Bonchev–Trinajstić information content (AvgIpc) is 3.16. The van der Waals surface area contributed by atoms with Crippen molar-refractivity contribution in [2.24, 2.45) is 5.92 Å². The molecule has 4 rings (SSSR count). The summed E-state index contributed by atoms with van der Waals surface area (Å²) in [6.07, 6.45) is 4.30. The van der Waals surface area contributed by atoms with E-state index < -0.39 is 0 Å². The normalized spacial score (nSPS) is 22.0. The number of carbonyl (C=O) groups is 1. The predicted molar refractivity (Wildman–Crippen MR) is 86.7 cm³/mol. The molecule has 2 aliphatic rings. The topological polar surface area (TPSA) is 38.1 Å². The average molecular weight is 297 g/mol. The summed E-state index contributed by atoms with van der Waals surface area (Å²) in [5, 5.41) is 0. The van der Waals surface area contributed by atoms with Crippen molar-refractivity contribution in [2.45, 2.75) is 45.1 Å². The Balaban J connectivity index is 1.65. The van der Waals surface area contributed by atoms with E-state index in [9.17, 15) is 4.79 Å². The molecular formula is C18H23N3O. The summed E-state index contributed by atoms with van der Waals surface area (Å²) in [6.45, 7) is 4.98. The Bertz CT molecular complexity index is 701. The molecule has 2 aromatic rings. The highest BCUT2D eigenvalue weighted by atomic mass is 16.2. The Kier molecular flexibility index (Phi) is 3.40. The Hall–Kier alpha value is -1.84. The molecule has 1 atom stereocenters. The third kappa shape index (κ3) is 2.40. The van der Waals surface area contributed by atoms with Crippen LogP contribution in [0, 0.1) is 5.92 Å². The van der Waals surface area contributed by atoms with Gasteiger partial charge in [0.2, 0.25) is 5.91 Å². The van der Waals surface area contributed by atoms with Gasteiger partial charge in [-0.05, 0) is 37.3 Å². The highest BCUT2D eigenvalue weighted by molar-refractivity contribution is 5.81. The Labute approximate surface area is 131 Å². The van der Waals surface area contributed by atoms with Crippen LogP contribution in [0.2, 0.25) is 0 Å². The minimum Gasteiger partial charge on any atom is -0.342 e. The highest BCUT2D eigenvalue weighted by Crippen LogP contribution is 2.35. The van der Waals surface area contributed by atoms with Crippen LogP contribution in [0.3, 0.4) is 0 Å². The Morgan fingerprint density at radius 3 is 2.86 bits per heavy atom. The lowest BCUT2D eigenvalue weighted by Crippen LogP contribution is -2.27. The van der Waals surface area contributed by atoms with Gasteiger partial charge in [-0.3, -0.25) is 4.79 Å². The van der Waals surface area contributed by atoms with Crippen LogP contribution in [0.5, 0.6) is 0 Å². The van der Waals surface area contributed by atoms with Crippen LogP contribution in [0.15, 0.2) is 24.3 Å². The lowest BCUT2D eigenvalue weighted by molar-refractivity contribution is -0.127. The van der Waals surface area contributed by atoms with E-state index in [4.69, 9.17) is 4.98 Å². The summed E-state index contributed by atoms with van der Waals surface area (Å²) < 4.78 is 2.33. The first-order chi connectivity index (χ1) is 10.8. The monoisotopic (exact) mass is 297 g/mol. The fourth-order valence-corrected chi connectivity index (χ4v) is 3.60. The van der Waals surface area contributed by atoms with Crippen LogP contribution < -0.4 is 0 Å². The van der Waals surface area contributed by atoms with E-state index in [0.717, 1.165) is 43.3 Å². The first kappa shape index (κ1) is 13.8. The molecule has 1 aromatic heterocycles. The van der Waals surface area contributed by atoms with E-state index in [1.807, 2.05) is 6.07 Å². The third-order valence-electron chi connectivity index (χ3n) is 4.89. The second-order valence-electron chi connectivity index (χ2n) is 6.75. The SMILES string of the molecule is CCCn1c(C2CC(=O)N(CC3CC3)C2)nc2ccccc21. The number of nitrogens with zero attached hydrogens (tertiary/aromatic N) is 3. The summed E-state index contributed by atoms with van der Waals surface area (Å²) >= 11 is 0. The van der Waals surface area contributed by atoms with Crippen molar-refractivity contribution >= 4 is 16.9 Å². The van der Waals surface area contributed by atoms with Crippen molar-refractivity contribution in [2.75, 3.05) is 13.1 Å². The standard InChI is InChI=1S/C18H23N3O/c1-2-9-21-16-6-4-3-5-15(16)19-18(21)14-10-17(22)20(12-14)11-13-7-8-13/h3-6,13-14H,2,7-12H2,1H3. The van der Waals surface area contributed by atoms with Crippen LogP contribution in [-0.2, 0) is 11.3 Å². The Morgan fingerprint density at radius 2 is 2.09 bits per heavy atom. The van der Waals surface area contributed by atoms with E-state index in [1.165, 1.54) is 18.4 Å². The molecular weight excluding hydrogens is 274 g/mol. The summed E-state index contributed by atoms with van der Waals surface area (Å²) in [6, 6.07) is 8.32. The van der Waals surface area contributed by atoms with Crippen LogP contribution in [0.25, 0.3) is 11.0 Å². The van der Waals surface area contributed by atoms with Gasteiger partial charge < -0.3 is 9.47 Å².